The van der Waals surface area contributed by atoms with Crippen LogP contribution in [-0.2, 0) is 6.54 Å². The monoisotopic (exact) mass is 276 g/mol. The van der Waals surface area contributed by atoms with Crippen LogP contribution in [0.15, 0.2) is 24.4 Å². The largest absolute Gasteiger partial charge is 0.378 e. The number of aromatic nitrogens is 1. The average molecular weight is 277 g/mol. The van der Waals surface area contributed by atoms with Crippen molar-refractivity contribution in [3.05, 3.63) is 44.6 Å². The van der Waals surface area contributed by atoms with Crippen LogP contribution in [0.25, 0.3) is 0 Å². The van der Waals surface area contributed by atoms with Crippen LogP contribution in [0.3, 0.4) is 0 Å². The van der Waals surface area contributed by atoms with Gasteiger partial charge in [-0.15, -0.1) is 11.3 Å². The second-order valence-electron chi connectivity index (χ2n) is 3.06. The molecule has 0 aliphatic rings. The van der Waals surface area contributed by atoms with Crippen LogP contribution < -0.4 is 5.32 Å². The Morgan fingerprint density at radius 3 is 2.81 bits per heavy atom. The van der Waals surface area contributed by atoms with Crippen molar-refractivity contribution in [3.63, 3.8) is 0 Å². The van der Waals surface area contributed by atoms with Crippen LogP contribution in [0.4, 0.5) is 10.1 Å². The average Bonchev–Trinajstić information content (AvgIpc) is 2.63. The van der Waals surface area contributed by atoms with Crippen molar-refractivity contribution in [2.24, 2.45) is 0 Å². The zero-order chi connectivity index (χ0) is 11.5. The number of thiazole rings is 1. The summed E-state index contributed by atoms with van der Waals surface area (Å²) in [6.07, 6.45) is 1.66. The van der Waals surface area contributed by atoms with Gasteiger partial charge in [0.2, 0.25) is 0 Å². The summed E-state index contributed by atoms with van der Waals surface area (Å²) < 4.78 is 13.9. The lowest BCUT2D eigenvalue weighted by Gasteiger charge is -2.05. The zero-order valence-electron chi connectivity index (χ0n) is 8.01. The first kappa shape index (κ1) is 11.6. The van der Waals surface area contributed by atoms with Crippen LogP contribution in [0.5, 0.6) is 0 Å². The molecule has 0 aliphatic carbocycles. The molecule has 2 aromatic rings. The highest BCUT2D eigenvalue weighted by molar-refractivity contribution is 7.15. The number of hydrogen-bond acceptors (Lipinski definition) is 3. The van der Waals surface area contributed by atoms with Crippen molar-refractivity contribution in [3.8, 4) is 0 Å². The summed E-state index contributed by atoms with van der Waals surface area (Å²) in [5, 5.41) is 3.33. The van der Waals surface area contributed by atoms with Gasteiger partial charge in [-0.05, 0) is 18.2 Å². The molecule has 0 fully saturated rings. The zero-order valence-corrected chi connectivity index (χ0v) is 10.3. The Morgan fingerprint density at radius 2 is 2.19 bits per heavy atom. The fraction of sp³-hybridized carbons (Fsp3) is 0.100. The SMILES string of the molecule is Fc1cc(Cl)ccc1NCc1cnc(Cl)s1. The van der Waals surface area contributed by atoms with E-state index >= 15 is 0 Å². The van der Waals surface area contributed by atoms with E-state index in [1.54, 1.807) is 18.3 Å². The Hall–Kier alpha value is -0.840. The second kappa shape index (κ2) is 4.99. The van der Waals surface area contributed by atoms with Gasteiger partial charge >= 0.3 is 0 Å². The van der Waals surface area contributed by atoms with Gasteiger partial charge in [0.1, 0.15) is 5.82 Å². The number of anilines is 1. The molecule has 0 spiro atoms. The van der Waals surface area contributed by atoms with Gasteiger partial charge in [0.25, 0.3) is 0 Å². The Labute approximate surface area is 106 Å². The van der Waals surface area contributed by atoms with Gasteiger partial charge < -0.3 is 5.32 Å². The molecule has 0 aliphatic heterocycles. The predicted molar refractivity (Wildman–Crippen MR) is 65.9 cm³/mol. The first-order valence-electron chi connectivity index (χ1n) is 4.44. The van der Waals surface area contributed by atoms with Crippen molar-refractivity contribution in [2.75, 3.05) is 5.32 Å². The van der Waals surface area contributed by atoms with Gasteiger partial charge in [0.05, 0.1) is 12.2 Å². The van der Waals surface area contributed by atoms with Crippen molar-refractivity contribution >= 4 is 40.2 Å². The van der Waals surface area contributed by atoms with Crippen LogP contribution >= 0.6 is 34.5 Å². The highest BCUT2D eigenvalue weighted by Crippen LogP contribution is 2.22. The molecule has 0 radical (unpaired) electrons. The van der Waals surface area contributed by atoms with E-state index in [9.17, 15) is 4.39 Å². The summed E-state index contributed by atoms with van der Waals surface area (Å²) in [5.74, 6) is -0.372. The van der Waals surface area contributed by atoms with Crippen molar-refractivity contribution in [1.82, 2.24) is 4.98 Å². The number of benzene rings is 1. The molecular weight excluding hydrogens is 270 g/mol. The normalized spacial score (nSPS) is 10.4. The molecule has 0 atom stereocenters. The molecule has 0 bridgehead atoms. The van der Waals surface area contributed by atoms with Gasteiger partial charge in [0, 0.05) is 16.1 Å². The maximum Gasteiger partial charge on any atom is 0.183 e. The van der Waals surface area contributed by atoms with E-state index in [2.05, 4.69) is 10.3 Å². The lowest BCUT2D eigenvalue weighted by atomic mass is 10.3. The Kier molecular flexibility index (Phi) is 3.63. The minimum atomic E-state index is -0.372. The standard InChI is InChI=1S/C10H7Cl2FN2S/c11-6-1-2-9(8(13)3-6)14-4-7-5-15-10(12)16-7/h1-3,5,14H,4H2. The fourth-order valence-corrected chi connectivity index (χ4v) is 2.26. The maximum atomic E-state index is 13.4. The van der Waals surface area contributed by atoms with E-state index in [-0.39, 0.29) is 5.82 Å². The number of nitrogens with zero attached hydrogens (tertiary/aromatic N) is 1. The molecule has 0 amide bonds. The van der Waals surface area contributed by atoms with E-state index in [1.165, 1.54) is 17.4 Å². The summed E-state index contributed by atoms with van der Waals surface area (Å²) in [5.41, 5.74) is 0.411. The van der Waals surface area contributed by atoms with Crippen LogP contribution in [0, 0.1) is 5.82 Å². The Bertz CT molecular complexity index is 501. The lowest BCUT2D eigenvalue weighted by molar-refractivity contribution is 0.630. The first-order chi connectivity index (χ1) is 7.65. The van der Waals surface area contributed by atoms with E-state index in [4.69, 9.17) is 23.2 Å². The number of halogens is 3. The quantitative estimate of drug-likeness (QED) is 0.909. The molecule has 6 heteroatoms. The minimum absolute atomic E-state index is 0.372. The summed E-state index contributed by atoms with van der Waals surface area (Å²) >= 11 is 12.7. The summed E-state index contributed by atoms with van der Waals surface area (Å²) in [6, 6.07) is 4.50. The Balaban J connectivity index is 2.04. The van der Waals surface area contributed by atoms with Gasteiger partial charge in [0.15, 0.2) is 4.47 Å². The van der Waals surface area contributed by atoms with Crippen LogP contribution in [-0.4, -0.2) is 4.98 Å². The highest BCUT2D eigenvalue weighted by Gasteiger charge is 2.04. The maximum absolute atomic E-state index is 13.4. The highest BCUT2D eigenvalue weighted by atomic mass is 35.5. The van der Waals surface area contributed by atoms with Gasteiger partial charge in [-0.3, -0.25) is 0 Å². The summed E-state index contributed by atoms with van der Waals surface area (Å²) in [6.45, 7) is 0.489. The molecule has 0 unspecified atom stereocenters. The molecule has 2 nitrogen and oxygen atoms in total. The lowest BCUT2D eigenvalue weighted by Crippen LogP contribution is -1.99. The van der Waals surface area contributed by atoms with Crippen LogP contribution in [0.2, 0.25) is 9.49 Å². The molecule has 1 aromatic carbocycles. The summed E-state index contributed by atoms with van der Waals surface area (Å²) in [4.78, 5) is 4.84. The van der Waals surface area contributed by atoms with Crippen LogP contribution in [0.1, 0.15) is 4.88 Å². The number of hydrogen-bond donors (Lipinski definition) is 1. The molecule has 0 saturated carbocycles. The smallest absolute Gasteiger partial charge is 0.183 e. The third-order valence-electron chi connectivity index (χ3n) is 1.91. The van der Waals surface area contributed by atoms with Crippen molar-refractivity contribution in [1.29, 1.82) is 0 Å². The third kappa shape index (κ3) is 2.84. The van der Waals surface area contributed by atoms with Gasteiger partial charge in [-0.25, -0.2) is 9.37 Å². The molecule has 0 saturated heterocycles. The minimum Gasteiger partial charge on any atom is -0.378 e. The molecule has 1 heterocycles. The summed E-state index contributed by atoms with van der Waals surface area (Å²) in [7, 11) is 0. The van der Waals surface area contributed by atoms with Crippen molar-refractivity contribution < 1.29 is 4.39 Å². The topological polar surface area (TPSA) is 24.9 Å². The first-order valence-corrected chi connectivity index (χ1v) is 6.01. The van der Waals surface area contributed by atoms with E-state index in [1.807, 2.05) is 0 Å². The second-order valence-corrected chi connectivity index (χ2v) is 5.19. The molecule has 2 rings (SSSR count). The fourth-order valence-electron chi connectivity index (χ4n) is 1.18. The van der Waals surface area contributed by atoms with E-state index in [0.717, 1.165) is 4.88 Å². The number of rotatable bonds is 3. The van der Waals surface area contributed by atoms with Crippen molar-refractivity contribution in [2.45, 2.75) is 6.54 Å². The molecule has 1 aromatic heterocycles. The molecule has 1 N–H and O–H groups in total. The Morgan fingerprint density at radius 1 is 1.38 bits per heavy atom. The van der Waals surface area contributed by atoms with E-state index in [0.29, 0.717) is 21.7 Å². The van der Waals surface area contributed by atoms with Gasteiger partial charge in [-0.1, -0.05) is 23.2 Å². The number of nitrogens with one attached hydrogen (secondary N) is 1. The predicted octanol–water partition coefficient (Wildman–Crippen LogP) is 4.20. The molecular formula is C10H7Cl2FN2S. The molecule has 16 heavy (non-hydrogen) atoms. The van der Waals surface area contributed by atoms with E-state index < -0.39 is 0 Å². The molecule has 84 valence electrons. The van der Waals surface area contributed by atoms with Gasteiger partial charge in [-0.2, -0.15) is 0 Å². The third-order valence-corrected chi connectivity index (χ3v) is 3.26.